The Balaban J connectivity index is 1.55. The molecule has 0 bridgehead atoms. The van der Waals surface area contributed by atoms with Crippen LogP contribution in [0.5, 0.6) is 5.75 Å². The Hall–Kier alpha value is -0.540. The Bertz CT molecular complexity index is 403. The molecule has 0 N–H and O–H groups in total. The average Bonchev–Trinajstić information content (AvgIpc) is 2.98. The Kier molecular flexibility index (Phi) is 3.90. The van der Waals surface area contributed by atoms with Crippen LogP contribution in [-0.4, -0.2) is 30.1 Å². The van der Waals surface area contributed by atoms with Crippen molar-refractivity contribution in [2.45, 2.75) is 44.2 Å². The van der Waals surface area contributed by atoms with E-state index in [0.717, 1.165) is 22.8 Å². The number of hydrogen-bond donors (Lipinski definition) is 0. The van der Waals surface area contributed by atoms with Crippen LogP contribution in [0.3, 0.4) is 0 Å². The van der Waals surface area contributed by atoms with Crippen LogP contribution in [0.1, 0.15) is 32.1 Å². The van der Waals surface area contributed by atoms with E-state index in [2.05, 4.69) is 26.9 Å². The van der Waals surface area contributed by atoms with Crippen LogP contribution in [0.2, 0.25) is 0 Å². The second-order valence-electron chi connectivity index (χ2n) is 5.42. The molecule has 18 heavy (non-hydrogen) atoms. The fourth-order valence-corrected chi connectivity index (χ4v) is 3.56. The van der Waals surface area contributed by atoms with Gasteiger partial charge in [0, 0.05) is 23.6 Å². The molecule has 2 aliphatic rings. The lowest BCUT2D eigenvalue weighted by atomic mass is 10.2. The maximum absolute atomic E-state index is 6.07. The summed E-state index contributed by atoms with van der Waals surface area (Å²) in [5, 5.41) is 0. The molecular weight excluding hydrogens is 290 g/mol. The molecule has 3 heteroatoms. The maximum atomic E-state index is 6.07. The van der Waals surface area contributed by atoms with Gasteiger partial charge in [-0.3, -0.25) is 4.90 Å². The quantitative estimate of drug-likeness (QED) is 0.841. The van der Waals surface area contributed by atoms with E-state index in [0.29, 0.717) is 6.10 Å². The molecule has 2 nitrogen and oxygen atoms in total. The molecule has 0 aromatic heterocycles. The fourth-order valence-electron chi connectivity index (χ4n) is 3.18. The minimum absolute atomic E-state index is 0.375. The predicted molar refractivity (Wildman–Crippen MR) is 77.0 cm³/mol. The Labute approximate surface area is 117 Å². The van der Waals surface area contributed by atoms with E-state index in [4.69, 9.17) is 4.74 Å². The molecule has 98 valence electrons. The van der Waals surface area contributed by atoms with E-state index in [1.165, 1.54) is 38.6 Å². The minimum atomic E-state index is 0.375. The van der Waals surface area contributed by atoms with Crippen molar-refractivity contribution in [3.8, 4) is 5.75 Å². The van der Waals surface area contributed by atoms with E-state index in [1.807, 2.05) is 18.2 Å². The van der Waals surface area contributed by atoms with Gasteiger partial charge >= 0.3 is 0 Å². The second kappa shape index (κ2) is 5.62. The number of hydrogen-bond acceptors (Lipinski definition) is 2. The van der Waals surface area contributed by atoms with Crippen molar-refractivity contribution >= 4 is 15.9 Å². The topological polar surface area (TPSA) is 12.5 Å². The summed E-state index contributed by atoms with van der Waals surface area (Å²) in [6, 6.07) is 9.00. The third-order valence-corrected chi connectivity index (χ3v) is 4.61. The number of rotatable bonds is 3. The smallest absolute Gasteiger partial charge is 0.120 e. The van der Waals surface area contributed by atoms with Gasteiger partial charge in [-0.15, -0.1) is 0 Å². The number of halogens is 1. The molecule has 0 amide bonds. The molecule has 2 fully saturated rings. The summed E-state index contributed by atoms with van der Waals surface area (Å²) in [4.78, 5) is 2.63. The lowest BCUT2D eigenvalue weighted by molar-refractivity contribution is 0.178. The number of likely N-dealkylation sites (tertiary alicyclic amines) is 1. The van der Waals surface area contributed by atoms with Crippen LogP contribution in [0.4, 0.5) is 0 Å². The molecule has 0 spiro atoms. The first-order chi connectivity index (χ1) is 8.81. The Morgan fingerprint density at radius 1 is 1.17 bits per heavy atom. The van der Waals surface area contributed by atoms with Gasteiger partial charge in [-0.1, -0.05) is 34.8 Å². The molecule has 1 unspecified atom stereocenters. The molecule has 1 atom stereocenters. The third kappa shape index (κ3) is 2.89. The molecule has 1 aliphatic carbocycles. The van der Waals surface area contributed by atoms with Crippen LogP contribution in [0.25, 0.3) is 0 Å². The van der Waals surface area contributed by atoms with E-state index < -0.39 is 0 Å². The minimum Gasteiger partial charge on any atom is -0.489 e. The monoisotopic (exact) mass is 309 g/mol. The lowest BCUT2D eigenvalue weighted by Gasteiger charge is -2.23. The first kappa shape index (κ1) is 12.5. The van der Waals surface area contributed by atoms with Crippen molar-refractivity contribution in [3.63, 3.8) is 0 Å². The Morgan fingerprint density at radius 3 is 2.78 bits per heavy atom. The lowest BCUT2D eigenvalue weighted by Crippen LogP contribution is -2.32. The molecule has 0 radical (unpaired) electrons. The molecule has 1 heterocycles. The highest BCUT2D eigenvalue weighted by molar-refractivity contribution is 9.10. The zero-order valence-electron chi connectivity index (χ0n) is 10.6. The van der Waals surface area contributed by atoms with Gasteiger partial charge in [0.1, 0.15) is 11.9 Å². The summed E-state index contributed by atoms with van der Waals surface area (Å²) in [6.45, 7) is 2.32. The van der Waals surface area contributed by atoms with E-state index >= 15 is 0 Å². The van der Waals surface area contributed by atoms with E-state index in [9.17, 15) is 0 Å². The SMILES string of the molecule is Brc1cccc(OC2CCN(C3CCCC3)C2)c1. The summed E-state index contributed by atoms with van der Waals surface area (Å²) >= 11 is 3.49. The van der Waals surface area contributed by atoms with Gasteiger partial charge in [0.05, 0.1) is 0 Å². The van der Waals surface area contributed by atoms with Crippen LogP contribution in [0.15, 0.2) is 28.7 Å². The molecule has 1 aromatic rings. The fraction of sp³-hybridized carbons (Fsp3) is 0.600. The zero-order valence-corrected chi connectivity index (χ0v) is 12.2. The second-order valence-corrected chi connectivity index (χ2v) is 6.33. The van der Waals surface area contributed by atoms with E-state index in [1.54, 1.807) is 0 Å². The van der Waals surface area contributed by atoms with Crippen LogP contribution in [0, 0.1) is 0 Å². The molecule has 1 aromatic carbocycles. The summed E-state index contributed by atoms with van der Waals surface area (Å²) in [5.41, 5.74) is 0. The van der Waals surface area contributed by atoms with Crippen molar-refractivity contribution in [1.82, 2.24) is 4.90 Å². The van der Waals surface area contributed by atoms with Crippen LogP contribution < -0.4 is 4.74 Å². The highest BCUT2D eigenvalue weighted by Gasteiger charge is 2.30. The van der Waals surface area contributed by atoms with Crippen molar-refractivity contribution in [1.29, 1.82) is 0 Å². The van der Waals surface area contributed by atoms with Gasteiger partial charge in [-0.2, -0.15) is 0 Å². The normalized spacial score (nSPS) is 25.7. The van der Waals surface area contributed by atoms with Crippen LogP contribution >= 0.6 is 15.9 Å². The van der Waals surface area contributed by atoms with Gasteiger partial charge in [0.15, 0.2) is 0 Å². The first-order valence-electron chi connectivity index (χ1n) is 6.97. The van der Waals surface area contributed by atoms with Crippen molar-refractivity contribution in [2.75, 3.05) is 13.1 Å². The highest BCUT2D eigenvalue weighted by atomic mass is 79.9. The van der Waals surface area contributed by atoms with E-state index in [-0.39, 0.29) is 0 Å². The summed E-state index contributed by atoms with van der Waals surface area (Å²) in [5.74, 6) is 0.989. The molecule has 3 rings (SSSR count). The zero-order chi connectivity index (χ0) is 12.4. The van der Waals surface area contributed by atoms with Gasteiger partial charge < -0.3 is 4.74 Å². The molecular formula is C15H20BrNO. The molecule has 1 aliphatic heterocycles. The van der Waals surface area contributed by atoms with Crippen molar-refractivity contribution in [2.24, 2.45) is 0 Å². The average molecular weight is 310 g/mol. The highest BCUT2D eigenvalue weighted by Crippen LogP contribution is 2.28. The van der Waals surface area contributed by atoms with Gasteiger partial charge in [-0.05, 0) is 37.5 Å². The van der Waals surface area contributed by atoms with Crippen LogP contribution in [-0.2, 0) is 0 Å². The third-order valence-electron chi connectivity index (χ3n) is 4.12. The summed E-state index contributed by atoms with van der Waals surface area (Å²) in [7, 11) is 0. The van der Waals surface area contributed by atoms with Crippen molar-refractivity contribution in [3.05, 3.63) is 28.7 Å². The molecule has 1 saturated heterocycles. The first-order valence-corrected chi connectivity index (χ1v) is 7.77. The maximum Gasteiger partial charge on any atom is 0.120 e. The van der Waals surface area contributed by atoms with Gasteiger partial charge in [0.25, 0.3) is 0 Å². The van der Waals surface area contributed by atoms with Gasteiger partial charge in [0.2, 0.25) is 0 Å². The largest absolute Gasteiger partial charge is 0.489 e. The predicted octanol–water partition coefficient (Wildman–Crippen LogP) is 3.84. The number of nitrogens with zero attached hydrogens (tertiary/aromatic N) is 1. The van der Waals surface area contributed by atoms with Gasteiger partial charge in [-0.25, -0.2) is 0 Å². The summed E-state index contributed by atoms with van der Waals surface area (Å²) < 4.78 is 7.16. The van der Waals surface area contributed by atoms with Crippen molar-refractivity contribution < 1.29 is 4.74 Å². The summed E-state index contributed by atoms with van der Waals surface area (Å²) in [6.07, 6.45) is 7.16. The standard InChI is InChI=1S/C15H20BrNO/c16-12-4-3-7-14(10-12)18-15-8-9-17(11-15)13-5-1-2-6-13/h3-4,7,10,13,15H,1-2,5-6,8-9,11H2. The Morgan fingerprint density at radius 2 is 2.00 bits per heavy atom. The molecule has 1 saturated carbocycles. The number of benzene rings is 1. The number of ether oxygens (including phenoxy) is 1.